The number of aromatic nitrogens is 3. The number of hydrogen-bond acceptors (Lipinski definition) is 3. The largest absolute Gasteiger partial charge is 0.244 e. The molecule has 4 aromatic carbocycles. The van der Waals surface area contributed by atoms with Gasteiger partial charge in [0.05, 0.1) is 11.2 Å². The molecule has 0 fully saturated rings. The predicted molar refractivity (Wildman–Crippen MR) is 128 cm³/mol. The minimum Gasteiger partial charge on any atom is -0.244 e. The lowest BCUT2D eigenvalue weighted by atomic mass is 9.94. The van der Waals surface area contributed by atoms with Crippen LogP contribution in [0.25, 0.3) is 55.2 Å². The van der Waals surface area contributed by atoms with Gasteiger partial charge in [-0.2, -0.15) is 0 Å². The number of rotatable bonds is 2. The molecule has 3 heteroatoms. The van der Waals surface area contributed by atoms with Gasteiger partial charge in [0.1, 0.15) is 5.69 Å². The third-order valence-corrected chi connectivity index (χ3v) is 5.84. The zero-order valence-electron chi connectivity index (χ0n) is 17.1. The topological polar surface area (TPSA) is 38.7 Å². The van der Waals surface area contributed by atoms with Crippen molar-refractivity contribution >= 4 is 32.4 Å². The second kappa shape index (κ2) is 6.99. The van der Waals surface area contributed by atoms with Crippen molar-refractivity contribution in [1.29, 1.82) is 0 Å². The molecule has 0 spiro atoms. The van der Waals surface area contributed by atoms with Crippen LogP contribution in [-0.4, -0.2) is 15.0 Å². The van der Waals surface area contributed by atoms with E-state index in [0.29, 0.717) is 5.82 Å². The van der Waals surface area contributed by atoms with E-state index >= 15 is 0 Å². The van der Waals surface area contributed by atoms with Gasteiger partial charge in [-0.1, -0.05) is 72.8 Å². The first-order valence-electron chi connectivity index (χ1n) is 10.4. The summed E-state index contributed by atoms with van der Waals surface area (Å²) in [6.45, 7) is 2.11. The van der Waals surface area contributed by atoms with Gasteiger partial charge in [0.2, 0.25) is 0 Å². The molecule has 146 valence electrons. The molecule has 6 aromatic rings. The number of aryl methyl sites for hydroxylation is 1. The van der Waals surface area contributed by atoms with Gasteiger partial charge in [-0.25, -0.2) is 15.0 Å². The van der Waals surface area contributed by atoms with E-state index in [9.17, 15) is 0 Å². The first kappa shape index (κ1) is 17.7. The molecule has 0 radical (unpaired) electrons. The van der Waals surface area contributed by atoms with Gasteiger partial charge in [0.25, 0.3) is 0 Å². The molecule has 2 aromatic heterocycles. The number of pyridine rings is 1. The van der Waals surface area contributed by atoms with Crippen molar-refractivity contribution in [3.8, 4) is 22.8 Å². The van der Waals surface area contributed by atoms with Crippen LogP contribution in [0.2, 0.25) is 0 Å². The predicted octanol–water partition coefficient (Wildman–Crippen LogP) is 6.97. The first-order chi connectivity index (χ1) is 15.3. The Kier molecular flexibility index (Phi) is 4.00. The van der Waals surface area contributed by atoms with Crippen molar-refractivity contribution in [1.82, 2.24) is 15.0 Å². The molecule has 31 heavy (non-hydrogen) atoms. The van der Waals surface area contributed by atoms with Crippen molar-refractivity contribution in [3.05, 3.63) is 103 Å². The standard InChI is InChI=1S/C28H19N3/c1-18-14-15-26(28-29-17-20-9-3-7-13-25(20)31-28)30-27(18)24-16-19-8-2-4-10-21(19)22-11-5-6-12-23(22)24/h2-17H,1H3. The van der Waals surface area contributed by atoms with E-state index in [1.54, 1.807) is 0 Å². The lowest BCUT2D eigenvalue weighted by Crippen LogP contribution is -1.97. The number of para-hydroxylation sites is 1. The van der Waals surface area contributed by atoms with Crippen LogP contribution >= 0.6 is 0 Å². The summed E-state index contributed by atoms with van der Waals surface area (Å²) < 4.78 is 0. The van der Waals surface area contributed by atoms with Gasteiger partial charge < -0.3 is 0 Å². The monoisotopic (exact) mass is 397 g/mol. The van der Waals surface area contributed by atoms with E-state index in [0.717, 1.165) is 33.4 Å². The number of hydrogen-bond donors (Lipinski definition) is 0. The fraction of sp³-hybridized carbons (Fsp3) is 0.0357. The molecule has 0 saturated heterocycles. The molecular weight excluding hydrogens is 378 g/mol. The summed E-state index contributed by atoms with van der Waals surface area (Å²) in [5.41, 5.74) is 4.94. The maximum atomic E-state index is 5.05. The molecule has 6 rings (SSSR count). The minimum absolute atomic E-state index is 0.644. The summed E-state index contributed by atoms with van der Waals surface area (Å²) in [6.07, 6.45) is 1.87. The van der Waals surface area contributed by atoms with Crippen molar-refractivity contribution in [2.24, 2.45) is 0 Å². The van der Waals surface area contributed by atoms with Crippen LogP contribution in [0.1, 0.15) is 5.56 Å². The molecule has 2 heterocycles. The zero-order valence-corrected chi connectivity index (χ0v) is 17.1. The number of nitrogens with zero attached hydrogens (tertiary/aromatic N) is 3. The zero-order chi connectivity index (χ0) is 20.8. The van der Waals surface area contributed by atoms with Gasteiger partial charge in [-0.05, 0) is 52.2 Å². The Labute approximate surface area is 180 Å². The second-order valence-electron chi connectivity index (χ2n) is 7.81. The smallest absolute Gasteiger partial charge is 0.178 e. The van der Waals surface area contributed by atoms with E-state index in [1.807, 2.05) is 36.5 Å². The summed E-state index contributed by atoms with van der Waals surface area (Å²) in [4.78, 5) is 14.4. The summed E-state index contributed by atoms with van der Waals surface area (Å²) in [5.74, 6) is 0.644. The van der Waals surface area contributed by atoms with Gasteiger partial charge >= 0.3 is 0 Å². The van der Waals surface area contributed by atoms with Crippen molar-refractivity contribution in [3.63, 3.8) is 0 Å². The number of fused-ring (bicyclic) bond motifs is 4. The second-order valence-corrected chi connectivity index (χ2v) is 7.81. The Morgan fingerprint density at radius 3 is 2.19 bits per heavy atom. The Bertz CT molecular complexity index is 1600. The van der Waals surface area contributed by atoms with E-state index in [4.69, 9.17) is 9.97 Å². The average molecular weight is 397 g/mol. The SMILES string of the molecule is Cc1ccc(-c2ncc3ccccc3n2)nc1-c1cc2ccccc2c2ccccc12. The maximum Gasteiger partial charge on any atom is 0.178 e. The summed E-state index contributed by atoms with van der Waals surface area (Å²) in [7, 11) is 0. The third kappa shape index (κ3) is 2.94. The molecule has 0 aliphatic carbocycles. The van der Waals surface area contributed by atoms with Crippen LogP contribution in [0.5, 0.6) is 0 Å². The lowest BCUT2D eigenvalue weighted by Gasteiger charge is -2.13. The van der Waals surface area contributed by atoms with E-state index < -0.39 is 0 Å². The molecule has 3 nitrogen and oxygen atoms in total. The van der Waals surface area contributed by atoms with Crippen molar-refractivity contribution in [2.75, 3.05) is 0 Å². The lowest BCUT2D eigenvalue weighted by molar-refractivity contribution is 1.17. The molecule has 0 aliphatic rings. The minimum atomic E-state index is 0.644. The average Bonchev–Trinajstić information content (AvgIpc) is 2.84. The highest BCUT2D eigenvalue weighted by Crippen LogP contribution is 2.36. The highest BCUT2D eigenvalue weighted by Gasteiger charge is 2.14. The third-order valence-electron chi connectivity index (χ3n) is 5.84. The van der Waals surface area contributed by atoms with Gasteiger partial charge in [-0.3, -0.25) is 0 Å². The van der Waals surface area contributed by atoms with E-state index in [-0.39, 0.29) is 0 Å². The van der Waals surface area contributed by atoms with Crippen LogP contribution in [0.15, 0.2) is 97.2 Å². The Morgan fingerprint density at radius 2 is 1.32 bits per heavy atom. The van der Waals surface area contributed by atoms with Gasteiger partial charge in [0.15, 0.2) is 5.82 Å². The molecule has 0 unspecified atom stereocenters. The molecule has 0 amide bonds. The Morgan fingerprint density at radius 1 is 0.613 bits per heavy atom. The molecular formula is C28H19N3. The molecule has 0 aliphatic heterocycles. The van der Waals surface area contributed by atoms with Crippen LogP contribution in [0.4, 0.5) is 0 Å². The fourth-order valence-electron chi connectivity index (χ4n) is 4.27. The highest BCUT2D eigenvalue weighted by molar-refractivity contribution is 6.13. The Hall–Kier alpha value is -4.11. The van der Waals surface area contributed by atoms with Gasteiger partial charge in [0, 0.05) is 17.1 Å². The van der Waals surface area contributed by atoms with Gasteiger partial charge in [-0.15, -0.1) is 0 Å². The number of benzene rings is 4. The first-order valence-corrected chi connectivity index (χ1v) is 10.4. The fourth-order valence-corrected chi connectivity index (χ4v) is 4.27. The molecule has 0 saturated carbocycles. The van der Waals surface area contributed by atoms with Crippen LogP contribution in [0.3, 0.4) is 0 Å². The summed E-state index contributed by atoms with van der Waals surface area (Å²) in [6, 6.07) is 31.5. The maximum absolute atomic E-state index is 5.05. The van der Waals surface area contributed by atoms with Crippen molar-refractivity contribution < 1.29 is 0 Å². The quantitative estimate of drug-likeness (QED) is 0.296. The molecule has 0 bridgehead atoms. The Balaban J connectivity index is 1.60. The van der Waals surface area contributed by atoms with Crippen LogP contribution in [-0.2, 0) is 0 Å². The van der Waals surface area contributed by atoms with Crippen LogP contribution < -0.4 is 0 Å². The molecule has 0 atom stereocenters. The molecule has 0 N–H and O–H groups in total. The summed E-state index contributed by atoms with van der Waals surface area (Å²) in [5, 5.41) is 5.94. The normalized spacial score (nSPS) is 11.4. The summed E-state index contributed by atoms with van der Waals surface area (Å²) >= 11 is 0. The van der Waals surface area contributed by atoms with Crippen molar-refractivity contribution in [2.45, 2.75) is 6.92 Å². The van der Waals surface area contributed by atoms with E-state index in [1.165, 1.54) is 21.5 Å². The van der Waals surface area contributed by atoms with E-state index in [2.05, 4.69) is 72.6 Å². The van der Waals surface area contributed by atoms with Crippen LogP contribution in [0, 0.1) is 6.92 Å². The highest BCUT2D eigenvalue weighted by atomic mass is 14.9.